The van der Waals surface area contributed by atoms with Gasteiger partial charge in [0.2, 0.25) is 11.8 Å². The van der Waals surface area contributed by atoms with E-state index in [9.17, 15) is 9.59 Å². The average Bonchev–Trinajstić information content (AvgIpc) is 3.13. The lowest BCUT2D eigenvalue weighted by atomic mass is 10.1. The van der Waals surface area contributed by atoms with Gasteiger partial charge in [-0.1, -0.05) is 19.9 Å². The molecule has 0 radical (unpaired) electrons. The molecule has 0 fully saturated rings. The summed E-state index contributed by atoms with van der Waals surface area (Å²) in [5.41, 5.74) is 2.82. The Balaban J connectivity index is 1.57. The zero-order valence-corrected chi connectivity index (χ0v) is 16.9. The first kappa shape index (κ1) is 21.3. The van der Waals surface area contributed by atoms with Gasteiger partial charge in [0, 0.05) is 25.9 Å². The third-order valence-corrected chi connectivity index (χ3v) is 4.90. The number of aryl methyl sites for hydroxylation is 2. The summed E-state index contributed by atoms with van der Waals surface area (Å²) in [4.78, 5) is 26.0. The molecule has 0 saturated heterocycles. The van der Waals surface area contributed by atoms with Crippen LogP contribution in [-0.4, -0.2) is 43.0 Å². The van der Waals surface area contributed by atoms with Gasteiger partial charge in [-0.05, 0) is 61.8 Å². The van der Waals surface area contributed by atoms with Gasteiger partial charge in [0.15, 0.2) is 0 Å². The first-order chi connectivity index (χ1) is 13.1. The summed E-state index contributed by atoms with van der Waals surface area (Å²) in [5, 5.41) is 2.87. The number of benzene rings is 1. The summed E-state index contributed by atoms with van der Waals surface area (Å²) in [6.45, 7) is 6.71. The van der Waals surface area contributed by atoms with Crippen LogP contribution in [0.25, 0.3) is 0 Å². The van der Waals surface area contributed by atoms with Crippen LogP contribution in [0.1, 0.15) is 63.5 Å². The lowest BCUT2D eigenvalue weighted by Gasteiger charge is -2.21. The minimum absolute atomic E-state index is 0.0158. The predicted octanol–water partition coefficient (Wildman–Crippen LogP) is 3.49. The van der Waals surface area contributed by atoms with E-state index in [1.54, 1.807) is 0 Å². The largest absolute Gasteiger partial charge is 0.492 e. The van der Waals surface area contributed by atoms with Crippen molar-refractivity contribution in [2.45, 2.75) is 65.2 Å². The average molecular weight is 375 g/mol. The lowest BCUT2D eigenvalue weighted by molar-refractivity contribution is -0.131. The molecule has 0 aliphatic heterocycles. The molecule has 5 heteroatoms. The van der Waals surface area contributed by atoms with Crippen LogP contribution in [0.15, 0.2) is 18.2 Å². The van der Waals surface area contributed by atoms with E-state index in [2.05, 4.69) is 31.3 Å². The highest BCUT2D eigenvalue weighted by molar-refractivity contribution is 5.78. The molecule has 5 nitrogen and oxygen atoms in total. The van der Waals surface area contributed by atoms with E-state index in [1.807, 2.05) is 11.0 Å². The van der Waals surface area contributed by atoms with Crippen molar-refractivity contribution in [3.05, 3.63) is 29.3 Å². The van der Waals surface area contributed by atoms with E-state index in [0.29, 0.717) is 32.4 Å². The number of rotatable bonds is 12. The second kappa shape index (κ2) is 11.6. The maximum absolute atomic E-state index is 12.2. The third kappa shape index (κ3) is 7.24. The monoisotopic (exact) mass is 374 g/mol. The Kier molecular flexibility index (Phi) is 9.16. The molecule has 2 rings (SSSR count). The summed E-state index contributed by atoms with van der Waals surface area (Å²) in [7, 11) is 0. The minimum Gasteiger partial charge on any atom is -0.492 e. The van der Waals surface area contributed by atoms with Crippen molar-refractivity contribution in [2.75, 3.05) is 26.2 Å². The molecule has 0 atom stereocenters. The fraction of sp³-hybridized carbons (Fsp3) is 0.636. The Morgan fingerprint density at radius 2 is 1.81 bits per heavy atom. The molecule has 0 aromatic heterocycles. The van der Waals surface area contributed by atoms with Crippen LogP contribution in [0.4, 0.5) is 0 Å². The molecule has 150 valence electrons. The van der Waals surface area contributed by atoms with E-state index in [0.717, 1.165) is 38.1 Å². The number of hydrogen-bond donors (Lipinski definition) is 1. The molecule has 0 spiro atoms. The number of carbonyl (C=O) groups is 2. The maximum atomic E-state index is 12.2. The molecule has 27 heavy (non-hydrogen) atoms. The zero-order valence-electron chi connectivity index (χ0n) is 16.9. The van der Waals surface area contributed by atoms with Gasteiger partial charge in [-0.25, -0.2) is 0 Å². The topological polar surface area (TPSA) is 58.6 Å². The van der Waals surface area contributed by atoms with Crippen LogP contribution >= 0.6 is 0 Å². The Morgan fingerprint density at radius 1 is 1.07 bits per heavy atom. The van der Waals surface area contributed by atoms with Gasteiger partial charge in [0.1, 0.15) is 12.4 Å². The van der Waals surface area contributed by atoms with Crippen molar-refractivity contribution in [3.8, 4) is 5.75 Å². The van der Waals surface area contributed by atoms with Crippen molar-refractivity contribution < 1.29 is 14.3 Å². The van der Waals surface area contributed by atoms with Gasteiger partial charge in [-0.2, -0.15) is 0 Å². The molecule has 1 aromatic carbocycles. The number of nitrogens with zero attached hydrogens (tertiary/aromatic N) is 1. The molecule has 0 saturated carbocycles. The fourth-order valence-electron chi connectivity index (χ4n) is 3.55. The van der Waals surface area contributed by atoms with Gasteiger partial charge >= 0.3 is 0 Å². The normalized spacial score (nSPS) is 12.5. The maximum Gasteiger partial charge on any atom is 0.222 e. The highest BCUT2D eigenvalue weighted by Gasteiger charge is 2.13. The van der Waals surface area contributed by atoms with Gasteiger partial charge in [-0.15, -0.1) is 0 Å². The Morgan fingerprint density at radius 3 is 2.56 bits per heavy atom. The second-order valence-electron chi connectivity index (χ2n) is 7.22. The molecule has 2 amide bonds. The van der Waals surface area contributed by atoms with E-state index < -0.39 is 0 Å². The van der Waals surface area contributed by atoms with Crippen molar-refractivity contribution in [1.82, 2.24) is 10.2 Å². The van der Waals surface area contributed by atoms with E-state index in [4.69, 9.17) is 4.74 Å². The Bertz CT molecular complexity index is 610. The highest BCUT2D eigenvalue weighted by atomic mass is 16.5. The van der Waals surface area contributed by atoms with Gasteiger partial charge in [0.05, 0.1) is 6.54 Å². The van der Waals surface area contributed by atoms with Crippen LogP contribution in [0.3, 0.4) is 0 Å². The lowest BCUT2D eigenvalue weighted by Crippen LogP contribution is -2.33. The number of ether oxygens (including phenoxy) is 1. The summed E-state index contributed by atoms with van der Waals surface area (Å²) < 4.78 is 5.73. The van der Waals surface area contributed by atoms with Crippen molar-refractivity contribution in [3.63, 3.8) is 0 Å². The van der Waals surface area contributed by atoms with E-state index in [1.165, 1.54) is 24.0 Å². The van der Waals surface area contributed by atoms with E-state index >= 15 is 0 Å². The molecule has 1 aliphatic rings. The van der Waals surface area contributed by atoms with Gasteiger partial charge in [0.25, 0.3) is 0 Å². The quantitative estimate of drug-likeness (QED) is 0.570. The van der Waals surface area contributed by atoms with Crippen LogP contribution in [0.2, 0.25) is 0 Å². The molecule has 0 bridgehead atoms. The van der Waals surface area contributed by atoms with Gasteiger partial charge in [-0.3, -0.25) is 9.59 Å². The van der Waals surface area contributed by atoms with Gasteiger partial charge < -0.3 is 15.0 Å². The first-order valence-electron chi connectivity index (χ1n) is 10.4. The van der Waals surface area contributed by atoms with Crippen molar-refractivity contribution >= 4 is 11.8 Å². The first-order valence-corrected chi connectivity index (χ1v) is 10.4. The Labute approximate surface area is 163 Å². The minimum atomic E-state index is -0.0158. The standard InChI is InChI=1S/C22H34N2O3/c1-3-14-24(15-4-2)22(26)10-6-9-21(25)23-13-16-27-20-12-11-18-7-5-8-19(18)17-20/h11-12,17H,3-10,13-16H2,1-2H3,(H,23,25). The predicted molar refractivity (Wildman–Crippen MR) is 108 cm³/mol. The molecule has 0 heterocycles. The summed E-state index contributed by atoms with van der Waals surface area (Å²) in [6.07, 6.45) is 6.90. The number of carbonyl (C=O) groups excluding carboxylic acids is 2. The van der Waals surface area contributed by atoms with Crippen LogP contribution in [0, 0.1) is 0 Å². The number of fused-ring (bicyclic) bond motifs is 1. The third-order valence-electron chi connectivity index (χ3n) is 4.90. The molecule has 1 aliphatic carbocycles. The van der Waals surface area contributed by atoms with Crippen LogP contribution in [-0.2, 0) is 22.4 Å². The van der Waals surface area contributed by atoms with Crippen molar-refractivity contribution in [1.29, 1.82) is 0 Å². The van der Waals surface area contributed by atoms with Crippen LogP contribution < -0.4 is 10.1 Å². The fourth-order valence-corrected chi connectivity index (χ4v) is 3.55. The molecule has 1 aromatic rings. The van der Waals surface area contributed by atoms with E-state index in [-0.39, 0.29) is 11.8 Å². The molecular formula is C22H34N2O3. The zero-order chi connectivity index (χ0) is 19.5. The highest BCUT2D eigenvalue weighted by Crippen LogP contribution is 2.25. The van der Waals surface area contributed by atoms with Crippen LogP contribution in [0.5, 0.6) is 5.75 Å². The van der Waals surface area contributed by atoms with Crippen molar-refractivity contribution in [2.24, 2.45) is 0 Å². The molecular weight excluding hydrogens is 340 g/mol. The summed E-state index contributed by atoms with van der Waals surface area (Å²) in [5.74, 6) is 1.02. The SMILES string of the molecule is CCCN(CCC)C(=O)CCCC(=O)NCCOc1ccc2c(c1)CCC2. The summed E-state index contributed by atoms with van der Waals surface area (Å²) in [6, 6.07) is 6.28. The summed E-state index contributed by atoms with van der Waals surface area (Å²) >= 11 is 0. The second-order valence-corrected chi connectivity index (χ2v) is 7.22. The Hall–Kier alpha value is -2.04. The molecule has 1 N–H and O–H groups in total. The number of hydrogen-bond acceptors (Lipinski definition) is 3. The smallest absolute Gasteiger partial charge is 0.222 e. The number of amides is 2. The molecule has 0 unspecified atom stereocenters. The number of nitrogens with one attached hydrogen (secondary N) is 1.